The fraction of sp³-hybridized carbons (Fsp3) is 0.364. The quantitative estimate of drug-likeness (QED) is 0.735. The van der Waals surface area contributed by atoms with E-state index in [2.05, 4.69) is 5.32 Å². The number of ether oxygens (including phenoxy) is 1. The summed E-state index contributed by atoms with van der Waals surface area (Å²) in [4.78, 5) is 10.7. The van der Waals surface area contributed by atoms with E-state index in [1.807, 2.05) is 24.3 Å². The lowest BCUT2D eigenvalue weighted by molar-refractivity contribution is -0.123. The van der Waals surface area contributed by atoms with Crippen molar-refractivity contribution < 1.29 is 14.6 Å². The molecule has 0 atom stereocenters. The molecule has 1 aromatic rings. The van der Waals surface area contributed by atoms with Gasteiger partial charge in [-0.15, -0.1) is 0 Å². The number of aliphatic hydroxyl groups is 1. The lowest BCUT2D eigenvalue weighted by Gasteiger charge is -2.04. The molecule has 2 N–H and O–H groups in total. The van der Waals surface area contributed by atoms with Crippen LogP contribution in [0.25, 0.3) is 0 Å². The van der Waals surface area contributed by atoms with E-state index in [4.69, 9.17) is 9.84 Å². The summed E-state index contributed by atoms with van der Waals surface area (Å²) in [5.41, 5.74) is 1.12. The SMILES string of the molecule is COc1ccc(CCNC(=O)CO)cc1. The highest BCUT2D eigenvalue weighted by atomic mass is 16.5. The van der Waals surface area contributed by atoms with Crippen LogP contribution < -0.4 is 10.1 Å². The van der Waals surface area contributed by atoms with Crippen LogP contribution in [0.4, 0.5) is 0 Å². The van der Waals surface area contributed by atoms with Crippen LogP contribution in [0, 0.1) is 0 Å². The zero-order chi connectivity index (χ0) is 11.1. The molecule has 1 rings (SSSR count). The van der Waals surface area contributed by atoms with Crippen molar-refractivity contribution in [3.8, 4) is 5.75 Å². The minimum absolute atomic E-state index is 0.344. The summed E-state index contributed by atoms with van der Waals surface area (Å²) in [6.45, 7) is 0.0777. The van der Waals surface area contributed by atoms with E-state index in [1.165, 1.54) is 0 Å². The zero-order valence-corrected chi connectivity index (χ0v) is 8.69. The summed E-state index contributed by atoms with van der Waals surface area (Å²) in [6, 6.07) is 7.65. The number of hydrogen-bond donors (Lipinski definition) is 2. The van der Waals surface area contributed by atoms with E-state index >= 15 is 0 Å². The number of carbonyl (C=O) groups excluding carboxylic acids is 1. The van der Waals surface area contributed by atoms with Gasteiger partial charge in [-0.1, -0.05) is 12.1 Å². The molecule has 0 bridgehead atoms. The molecular formula is C11H15NO3. The second-order valence-electron chi connectivity index (χ2n) is 3.11. The van der Waals surface area contributed by atoms with E-state index in [9.17, 15) is 4.79 Å². The van der Waals surface area contributed by atoms with Gasteiger partial charge in [-0.05, 0) is 24.1 Å². The number of hydrogen-bond acceptors (Lipinski definition) is 3. The standard InChI is InChI=1S/C11H15NO3/c1-15-10-4-2-9(3-5-10)6-7-12-11(14)8-13/h2-5,13H,6-8H2,1H3,(H,12,14). The van der Waals surface area contributed by atoms with E-state index in [1.54, 1.807) is 7.11 Å². The van der Waals surface area contributed by atoms with Gasteiger partial charge in [-0.2, -0.15) is 0 Å². The molecule has 82 valence electrons. The minimum atomic E-state index is -0.456. The molecular weight excluding hydrogens is 194 g/mol. The fourth-order valence-electron chi connectivity index (χ4n) is 1.19. The molecule has 0 radical (unpaired) electrons. The smallest absolute Gasteiger partial charge is 0.245 e. The van der Waals surface area contributed by atoms with Crippen molar-refractivity contribution in [3.63, 3.8) is 0 Å². The summed E-state index contributed by atoms with van der Waals surface area (Å²) >= 11 is 0. The maximum atomic E-state index is 10.7. The van der Waals surface area contributed by atoms with Crippen LogP contribution in [0.5, 0.6) is 5.75 Å². The van der Waals surface area contributed by atoms with Gasteiger partial charge >= 0.3 is 0 Å². The molecule has 0 saturated carbocycles. The summed E-state index contributed by atoms with van der Waals surface area (Å²) < 4.78 is 5.03. The van der Waals surface area contributed by atoms with E-state index < -0.39 is 6.61 Å². The predicted molar refractivity (Wildman–Crippen MR) is 56.8 cm³/mol. The number of nitrogens with one attached hydrogen (secondary N) is 1. The Morgan fingerprint density at radius 1 is 1.40 bits per heavy atom. The largest absolute Gasteiger partial charge is 0.497 e. The van der Waals surface area contributed by atoms with Gasteiger partial charge in [0.2, 0.25) is 5.91 Å². The van der Waals surface area contributed by atoms with Crippen LogP contribution in [-0.2, 0) is 11.2 Å². The molecule has 0 aliphatic heterocycles. The third-order valence-corrected chi connectivity index (χ3v) is 2.04. The van der Waals surface area contributed by atoms with Gasteiger partial charge in [-0.25, -0.2) is 0 Å². The highest BCUT2D eigenvalue weighted by molar-refractivity contribution is 5.76. The van der Waals surface area contributed by atoms with Gasteiger partial charge in [0.25, 0.3) is 0 Å². The van der Waals surface area contributed by atoms with Crippen molar-refractivity contribution in [2.75, 3.05) is 20.3 Å². The summed E-state index contributed by atoms with van der Waals surface area (Å²) in [7, 11) is 1.62. The van der Waals surface area contributed by atoms with Crippen molar-refractivity contribution in [2.24, 2.45) is 0 Å². The van der Waals surface area contributed by atoms with Crippen LogP contribution in [0.2, 0.25) is 0 Å². The van der Waals surface area contributed by atoms with Gasteiger partial charge in [0.15, 0.2) is 0 Å². The molecule has 1 amide bonds. The molecule has 4 nitrogen and oxygen atoms in total. The average molecular weight is 209 g/mol. The molecule has 0 unspecified atom stereocenters. The number of rotatable bonds is 5. The van der Waals surface area contributed by atoms with Gasteiger partial charge in [-0.3, -0.25) is 4.79 Å². The molecule has 0 heterocycles. The van der Waals surface area contributed by atoms with Gasteiger partial charge in [0.1, 0.15) is 12.4 Å². The number of aliphatic hydroxyl groups excluding tert-OH is 1. The monoisotopic (exact) mass is 209 g/mol. The third kappa shape index (κ3) is 3.99. The molecule has 1 aromatic carbocycles. The Morgan fingerprint density at radius 3 is 2.60 bits per heavy atom. The first-order valence-electron chi connectivity index (χ1n) is 4.76. The number of benzene rings is 1. The first kappa shape index (κ1) is 11.5. The Labute approximate surface area is 88.9 Å². The van der Waals surface area contributed by atoms with E-state index in [0.29, 0.717) is 6.54 Å². The minimum Gasteiger partial charge on any atom is -0.497 e. The number of carbonyl (C=O) groups is 1. The van der Waals surface area contributed by atoms with E-state index in [-0.39, 0.29) is 5.91 Å². The van der Waals surface area contributed by atoms with Crippen molar-refractivity contribution >= 4 is 5.91 Å². The predicted octanol–water partition coefficient (Wildman–Crippen LogP) is 0.346. The summed E-state index contributed by atoms with van der Waals surface area (Å²) in [5.74, 6) is 0.474. The molecule has 0 saturated heterocycles. The Bertz CT molecular complexity index is 308. The molecule has 0 aromatic heterocycles. The van der Waals surface area contributed by atoms with Crippen molar-refractivity contribution in [2.45, 2.75) is 6.42 Å². The molecule has 0 aliphatic carbocycles. The van der Waals surface area contributed by atoms with Crippen LogP contribution in [0.3, 0.4) is 0 Å². The first-order valence-corrected chi connectivity index (χ1v) is 4.76. The van der Waals surface area contributed by atoms with Gasteiger partial charge in [0, 0.05) is 6.54 Å². The van der Waals surface area contributed by atoms with Crippen LogP contribution in [0.1, 0.15) is 5.56 Å². The van der Waals surface area contributed by atoms with Crippen molar-refractivity contribution in [1.82, 2.24) is 5.32 Å². The highest BCUT2D eigenvalue weighted by Gasteiger charge is 1.98. The Hall–Kier alpha value is -1.55. The Morgan fingerprint density at radius 2 is 2.07 bits per heavy atom. The Kier molecular flexibility index (Phi) is 4.63. The van der Waals surface area contributed by atoms with Crippen LogP contribution in [-0.4, -0.2) is 31.3 Å². The maximum Gasteiger partial charge on any atom is 0.245 e. The lowest BCUT2D eigenvalue weighted by atomic mass is 10.1. The fourth-order valence-corrected chi connectivity index (χ4v) is 1.19. The Balaban J connectivity index is 2.34. The molecule has 0 spiro atoms. The average Bonchev–Trinajstić information content (AvgIpc) is 2.29. The third-order valence-electron chi connectivity index (χ3n) is 2.04. The normalized spacial score (nSPS) is 9.73. The molecule has 15 heavy (non-hydrogen) atoms. The van der Waals surface area contributed by atoms with E-state index in [0.717, 1.165) is 17.7 Å². The topological polar surface area (TPSA) is 58.6 Å². The van der Waals surface area contributed by atoms with Gasteiger partial charge in [0.05, 0.1) is 7.11 Å². The first-order chi connectivity index (χ1) is 7.26. The van der Waals surface area contributed by atoms with Crippen LogP contribution >= 0.6 is 0 Å². The second-order valence-corrected chi connectivity index (χ2v) is 3.11. The molecule has 4 heteroatoms. The van der Waals surface area contributed by atoms with Crippen molar-refractivity contribution in [1.29, 1.82) is 0 Å². The van der Waals surface area contributed by atoms with Gasteiger partial charge < -0.3 is 15.2 Å². The highest BCUT2D eigenvalue weighted by Crippen LogP contribution is 2.11. The van der Waals surface area contributed by atoms with Crippen LogP contribution in [0.15, 0.2) is 24.3 Å². The molecule has 0 fully saturated rings. The number of amides is 1. The van der Waals surface area contributed by atoms with Crippen molar-refractivity contribution in [3.05, 3.63) is 29.8 Å². The molecule has 0 aliphatic rings. The maximum absolute atomic E-state index is 10.7. The lowest BCUT2D eigenvalue weighted by Crippen LogP contribution is -2.28. The number of methoxy groups -OCH3 is 1. The zero-order valence-electron chi connectivity index (χ0n) is 8.69. The summed E-state index contributed by atoms with van der Waals surface area (Å²) in [5, 5.41) is 11.1. The summed E-state index contributed by atoms with van der Waals surface area (Å²) in [6.07, 6.45) is 0.746. The second kappa shape index (κ2) is 6.03.